The largest absolute Gasteiger partial charge is 0.463 e. The summed E-state index contributed by atoms with van der Waals surface area (Å²) in [5.74, 6) is 0.880. The Balaban J connectivity index is 2.50. The fourth-order valence-corrected chi connectivity index (χ4v) is 0.981. The van der Waals surface area contributed by atoms with Crippen LogP contribution in [0.5, 0.6) is 0 Å². The summed E-state index contributed by atoms with van der Waals surface area (Å²) in [6, 6.07) is 1.97. The quantitative estimate of drug-likeness (QED) is 0.529. The highest BCUT2D eigenvalue weighted by Crippen LogP contribution is 2.11. The fourth-order valence-electron chi connectivity index (χ4n) is 0.981. The molecule has 10 heavy (non-hydrogen) atoms. The van der Waals surface area contributed by atoms with Gasteiger partial charge in [0.25, 0.3) is 0 Å². The molecule has 2 nitrogen and oxygen atoms in total. The zero-order valence-electron chi connectivity index (χ0n) is 5.45. The number of allylic oxidation sites excluding steroid dienone is 1. The summed E-state index contributed by atoms with van der Waals surface area (Å²) in [4.78, 5) is 3.99. The van der Waals surface area contributed by atoms with E-state index in [9.17, 15) is 0 Å². The summed E-state index contributed by atoms with van der Waals surface area (Å²) >= 11 is 0. The lowest BCUT2D eigenvalue weighted by Gasteiger charge is -1.86. The predicted octanol–water partition coefficient (Wildman–Crippen LogP) is 1.77. The van der Waals surface area contributed by atoms with Gasteiger partial charge in [-0.2, -0.15) is 0 Å². The van der Waals surface area contributed by atoms with Crippen LogP contribution in [-0.2, 0) is 6.42 Å². The molecule has 0 bridgehead atoms. The van der Waals surface area contributed by atoms with E-state index in [1.54, 1.807) is 18.7 Å². The Hall–Kier alpha value is -1.31. The van der Waals surface area contributed by atoms with Crippen molar-refractivity contribution >= 4 is 6.21 Å². The summed E-state index contributed by atoms with van der Waals surface area (Å²) in [6.45, 7) is 0. The van der Waals surface area contributed by atoms with E-state index < -0.39 is 0 Å². The summed E-state index contributed by atoms with van der Waals surface area (Å²) in [7, 11) is 0. The van der Waals surface area contributed by atoms with E-state index in [-0.39, 0.29) is 0 Å². The van der Waals surface area contributed by atoms with Gasteiger partial charge in [-0.25, -0.2) is 0 Å². The minimum Gasteiger partial charge on any atom is -0.463 e. The van der Waals surface area contributed by atoms with Gasteiger partial charge in [0.05, 0.1) is 12.5 Å². The average Bonchev–Trinajstić information content (AvgIpc) is 2.28. The Labute approximate surface area is 58.9 Å². The number of rotatable bonds is 0. The van der Waals surface area contributed by atoms with Gasteiger partial charge in [0.15, 0.2) is 0 Å². The van der Waals surface area contributed by atoms with E-state index in [0.717, 1.165) is 12.2 Å². The summed E-state index contributed by atoms with van der Waals surface area (Å²) in [5.41, 5.74) is 1.21. The molecule has 0 aliphatic carbocycles. The molecule has 0 N–H and O–H groups in total. The minimum atomic E-state index is 0.880. The Morgan fingerprint density at radius 3 is 3.50 bits per heavy atom. The second-order valence-electron chi connectivity index (χ2n) is 2.18. The van der Waals surface area contributed by atoms with Crippen molar-refractivity contribution < 1.29 is 4.42 Å². The molecule has 0 fully saturated rings. The van der Waals surface area contributed by atoms with Crippen LogP contribution in [0.3, 0.4) is 0 Å². The van der Waals surface area contributed by atoms with Crippen LogP contribution < -0.4 is 0 Å². The fraction of sp³-hybridized carbons (Fsp3) is 0.125. The molecular formula is C8H7NO. The second kappa shape index (κ2) is 2.14. The highest BCUT2D eigenvalue weighted by atomic mass is 16.3. The zero-order chi connectivity index (χ0) is 6.81. The first-order chi connectivity index (χ1) is 4.97. The molecule has 0 spiro atoms. The number of fused-ring (bicyclic) bond motifs is 1. The Bertz CT molecular complexity index is 283. The van der Waals surface area contributed by atoms with Crippen LogP contribution in [0.2, 0.25) is 0 Å². The highest BCUT2D eigenvalue weighted by Gasteiger charge is 2.02. The smallest absolute Gasteiger partial charge is 0.148 e. The molecule has 0 amide bonds. The average molecular weight is 133 g/mol. The van der Waals surface area contributed by atoms with Crippen molar-refractivity contribution in [2.45, 2.75) is 6.42 Å². The highest BCUT2D eigenvalue weighted by molar-refractivity contribution is 5.79. The predicted molar refractivity (Wildman–Crippen MR) is 39.1 cm³/mol. The molecule has 0 atom stereocenters. The van der Waals surface area contributed by atoms with Crippen molar-refractivity contribution in [3.05, 3.63) is 35.9 Å². The first kappa shape index (κ1) is 5.47. The van der Waals surface area contributed by atoms with E-state index >= 15 is 0 Å². The van der Waals surface area contributed by atoms with Crippen LogP contribution in [0.15, 0.2) is 34.0 Å². The molecule has 1 aromatic heterocycles. The van der Waals surface area contributed by atoms with Gasteiger partial charge in [0.2, 0.25) is 0 Å². The molecule has 1 aliphatic heterocycles. The summed E-state index contributed by atoms with van der Waals surface area (Å²) < 4.78 is 5.15. The van der Waals surface area contributed by atoms with Gasteiger partial charge in [-0.1, -0.05) is 6.08 Å². The second-order valence-corrected chi connectivity index (χ2v) is 2.18. The Morgan fingerprint density at radius 2 is 2.50 bits per heavy atom. The lowest BCUT2D eigenvalue weighted by atomic mass is 10.2. The van der Waals surface area contributed by atoms with E-state index in [2.05, 4.69) is 4.99 Å². The first-order valence-corrected chi connectivity index (χ1v) is 3.21. The molecule has 2 heterocycles. The molecule has 0 saturated carbocycles. The van der Waals surface area contributed by atoms with Gasteiger partial charge in [0, 0.05) is 11.8 Å². The van der Waals surface area contributed by atoms with Crippen LogP contribution in [0.1, 0.15) is 11.3 Å². The SMILES string of the molecule is C1=CN=Cc2occc2C1. The Morgan fingerprint density at radius 1 is 1.50 bits per heavy atom. The lowest BCUT2D eigenvalue weighted by Crippen LogP contribution is -1.81. The van der Waals surface area contributed by atoms with Gasteiger partial charge < -0.3 is 4.42 Å². The number of hydrogen-bond acceptors (Lipinski definition) is 2. The molecule has 0 aromatic carbocycles. The molecule has 0 radical (unpaired) electrons. The van der Waals surface area contributed by atoms with Crippen LogP contribution in [0.4, 0.5) is 0 Å². The van der Waals surface area contributed by atoms with Gasteiger partial charge >= 0.3 is 0 Å². The maximum absolute atomic E-state index is 5.15. The molecule has 2 rings (SSSR count). The van der Waals surface area contributed by atoms with Crippen molar-refractivity contribution in [2.24, 2.45) is 4.99 Å². The monoisotopic (exact) mass is 133 g/mol. The molecule has 50 valence electrons. The van der Waals surface area contributed by atoms with Crippen molar-refractivity contribution in [3.63, 3.8) is 0 Å². The third-order valence-electron chi connectivity index (χ3n) is 1.50. The first-order valence-electron chi connectivity index (χ1n) is 3.21. The third-order valence-corrected chi connectivity index (χ3v) is 1.50. The zero-order valence-corrected chi connectivity index (χ0v) is 5.45. The molecule has 2 heteroatoms. The van der Waals surface area contributed by atoms with Crippen LogP contribution in [0.25, 0.3) is 0 Å². The van der Waals surface area contributed by atoms with Crippen molar-refractivity contribution in [1.82, 2.24) is 0 Å². The van der Waals surface area contributed by atoms with Crippen LogP contribution in [-0.4, -0.2) is 6.21 Å². The van der Waals surface area contributed by atoms with Crippen molar-refractivity contribution in [2.75, 3.05) is 0 Å². The van der Waals surface area contributed by atoms with Gasteiger partial charge in [-0.15, -0.1) is 0 Å². The van der Waals surface area contributed by atoms with Crippen molar-refractivity contribution in [1.29, 1.82) is 0 Å². The third kappa shape index (κ3) is 0.778. The molecular weight excluding hydrogens is 126 g/mol. The lowest BCUT2D eigenvalue weighted by molar-refractivity contribution is 0.558. The van der Waals surface area contributed by atoms with Crippen LogP contribution >= 0.6 is 0 Å². The minimum absolute atomic E-state index is 0.880. The molecule has 1 aromatic rings. The number of hydrogen-bond donors (Lipinski definition) is 0. The number of aliphatic imine (C=N–C) groups is 1. The maximum atomic E-state index is 5.15. The standard InChI is InChI=1S/C8H7NO/c1-2-7-3-5-10-8(7)6-9-4-1/h1,3-6H,2H2. The number of nitrogens with zero attached hydrogens (tertiary/aromatic N) is 1. The number of furan rings is 1. The van der Waals surface area contributed by atoms with Crippen molar-refractivity contribution in [3.8, 4) is 0 Å². The maximum Gasteiger partial charge on any atom is 0.148 e. The van der Waals surface area contributed by atoms with E-state index in [0.29, 0.717) is 0 Å². The van der Waals surface area contributed by atoms with E-state index in [1.165, 1.54) is 5.56 Å². The van der Waals surface area contributed by atoms with Gasteiger partial charge in [-0.05, 0) is 12.5 Å². The molecule has 0 unspecified atom stereocenters. The molecule has 0 saturated heterocycles. The van der Waals surface area contributed by atoms with E-state index in [1.807, 2.05) is 12.1 Å². The summed E-state index contributed by atoms with van der Waals surface area (Å²) in [5, 5.41) is 0. The van der Waals surface area contributed by atoms with Gasteiger partial charge in [-0.3, -0.25) is 4.99 Å². The topological polar surface area (TPSA) is 25.5 Å². The summed E-state index contributed by atoms with van der Waals surface area (Å²) in [6.07, 6.45) is 8.15. The van der Waals surface area contributed by atoms with Crippen LogP contribution in [0, 0.1) is 0 Å². The Kier molecular flexibility index (Phi) is 1.17. The normalized spacial score (nSPS) is 14.8. The van der Waals surface area contributed by atoms with E-state index in [4.69, 9.17) is 4.42 Å². The van der Waals surface area contributed by atoms with Gasteiger partial charge in [0.1, 0.15) is 5.76 Å². The molecule has 1 aliphatic rings.